The highest BCUT2D eigenvalue weighted by Gasteiger charge is 2.19. The number of piperazine rings is 1. The predicted molar refractivity (Wildman–Crippen MR) is 84.8 cm³/mol. The molecule has 1 aliphatic rings. The molecule has 104 valence electrons. The molecule has 4 heteroatoms. The van der Waals surface area contributed by atoms with E-state index in [4.69, 9.17) is 0 Å². The summed E-state index contributed by atoms with van der Waals surface area (Å²) in [5, 5.41) is 2.41. The van der Waals surface area contributed by atoms with Gasteiger partial charge in [0.25, 0.3) is 0 Å². The van der Waals surface area contributed by atoms with Gasteiger partial charge in [0.15, 0.2) is 0 Å². The Morgan fingerprint density at radius 3 is 2.45 bits per heavy atom. The Labute approximate surface area is 124 Å². The number of carbonyl (C=O) groups excluding carboxylic acids is 1. The summed E-state index contributed by atoms with van der Waals surface area (Å²) in [6.45, 7) is 3.23. The van der Waals surface area contributed by atoms with E-state index in [9.17, 15) is 4.79 Å². The first kappa shape index (κ1) is 13.5. The van der Waals surface area contributed by atoms with Gasteiger partial charge >= 0.3 is 0 Å². The van der Waals surface area contributed by atoms with Crippen molar-refractivity contribution >= 4 is 29.5 Å². The quantitative estimate of drug-likeness (QED) is 0.857. The van der Waals surface area contributed by atoms with Crippen LogP contribution < -0.4 is 0 Å². The average Bonchev–Trinajstić information content (AvgIpc) is 2.48. The highest BCUT2D eigenvalue weighted by Crippen LogP contribution is 2.16. The third-order valence-electron chi connectivity index (χ3n) is 3.78. The maximum atomic E-state index is 12.3. The third kappa shape index (κ3) is 2.97. The molecule has 1 aliphatic heterocycles. The van der Waals surface area contributed by atoms with E-state index in [1.165, 1.54) is 10.8 Å². The lowest BCUT2D eigenvalue weighted by Crippen LogP contribution is -2.46. The van der Waals surface area contributed by atoms with Gasteiger partial charge in [0, 0.05) is 26.2 Å². The molecule has 0 bridgehead atoms. The van der Waals surface area contributed by atoms with Gasteiger partial charge < -0.3 is 4.90 Å². The third-order valence-corrected chi connectivity index (χ3v) is 4.18. The predicted octanol–water partition coefficient (Wildman–Crippen LogP) is 2.37. The zero-order chi connectivity index (χ0) is 13.9. The first-order chi connectivity index (χ1) is 9.72. The van der Waals surface area contributed by atoms with Gasteiger partial charge in [-0.15, -0.1) is 0 Å². The van der Waals surface area contributed by atoms with Crippen molar-refractivity contribution in [1.82, 2.24) is 9.21 Å². The van der Waals surface area contributed by atoms with Crippen molar-refractivity contribution in [3.05, 3.63) is 48.0 Å². The molecule has 2 aromatic rings. The number of hydrogen-bond donors (Lipinski definition) is 1. The summed E-state index contributed by atoms with van der Waals surface area (Å²) in [4.78, 5) is 14.2. The van der Waals surface area contributed by atoms with Crippen LogP contribution in [0.2, 0.25) is 0 Å². The summed E-state index contributed by atoms with van der Waals surface area (Å²) in [6.07, 6.45) is 0.484. The van der Waals surface area contributed by atoms with Crippen LogP contribution >= 0.6 is 12.8 Å². The highest BCUT2D eigenvalue weighted by molar-refractivity contribution is 7.77. The molecule has 3 rings (SSSR count). The minimum absolute atomic E-state index is 0.210. The maximum Gasteiger partial charge on any atom is 0.227 e. The minimum Gasteiger partial charge on any atom is -0.340 e. The number of amides is 1. The van der Waals surface area contributed by atoms with Crippen LogP contribution in [0, 0.1) is 0 Å². The lowest BCUT2D eigenvalue weighted by Gasteiger charge is -2.31. The lowest BCUT2D eigenvalue weighted by atomic mass is 10.0. The number of carbonyl (C=O) groups is 1. The summed E-state index contributed by atoms with van der Waals surface area (Å²) < 4.78 is 1.96. The topological polar surface area (TPSA) is 23.6 Å². The molecule has 20 heavy (non-hydrogen) atoms. The van der Waals surface area contributed by atoms with E-state index >= 15 is 0 Å². The molecule has 0 aromatic heterocycles. The standard InChI is InChI=1S/C16H18N2OS/c19-16(17-7-9-18(20)10-8-17)12-13-5-6-14-3-1-2-4-15(14)11-13/h1-6,11,20H,7-10,12H2. The number of hydrogen-bond acceptors (Lipinski definition) is 3. The van der Waals surface area contributed by atoms with E-state index in [2.05, 4.69) is 43.1 Å². The molecule has 2 aromatic carbocycles. The monoisotopic (exact) mass is 286 g/mol. The van der Waals surface area contributed by atoms with Crippen molar-refractivity contribution < 1.29 is 4.79 Å². The van der Waals surface area contributed by atoms with Gasteiger partial charge in [-0.25, -0.2) is 4.31 Å². The van der Waals surface area contributed by atoms with Crippen LogP contribution in [0.4, 0.5) is 0 Å². The van der Waals surface area contributed by atoms with E-state index in [1.807, 2.05) is 21.3 Å². The second kappa shape index (κ2) is 5.85. The number of fused-ring (bicyclic) bond motifs is 1. The van der Waals surface area contributed by atoms with Crippen LogP contribution in [0.15, 0.2) is 42.5 Å². The van der Waals surface area contributed by atoms with Crippen molar-refractivity contribution in [1.29, 1.82) is 0 Å². The minimum atomic E-state index is 0.210. The van der Waals surface area contributed by atoms with E-state index in [0.717, 1.165) is 31.7 Å². The molecule has 1 heterocycles. The summed E-state index contributed by atoms with van der Waals surface area (Å²) in [5.74, 6) is 0.210. The van der Waals surface area contributed by atoms with Crippen molar-refractivity contribution in [2.75, 3.05) is 26.2 Å². The van der Waals surface area contributed by atoms with Crippen LogP contribution in [0.3, 0.4) is 0 Å². The molecule has 1 fully saturated rings. The van der Waals surface area contributed by atoms with E-state index in [0.29, 0.717) is 6.42 Å². The molecule has 0 spiro atoms. The van der Waals surface area contributed by atoms with Gasteiger partial charge in [-0.05, 0) is 16.3 Å². The number of thiol groups is 1. The smallest absolute Gasteiger partial charge is 0.227 e. The fourth-order valence-corrected chi connectivity index (χ4v) is 2.76. The first-order valence-electron chi connectivity index (χ1n) is 6.92. The Kier molecular flexibility index (Phi) is 3.94. The molecule has 3 nitrogen and oxygen atoms in total. The molecular weight excluding hydrogens is 268 g/mol. The molecular formula is C16H18N2OS. The van der Waals surface area contributed by atoms with E-state index in [-0.39, 0.29) is 5.91 Å². The second-order valence-electron chi connectivity index (χ2n) is 5.19. The van der Waals surface area contributed by atoms with Crippen LogP contribution in [0.25, 0.3) is 10.8 Å². The summed E-state index contributed by atoms with van der Waals surface area (Å²) in [6, 6.07) is 14.5. The van der Waals surface area contributed by atoms with Crippen LogP contribution in [-0.2, 0) is 11.2 Å². The molecule has 0 saturated carbocycles. The van der Waals surface area contributed by atoms with Gasteiger partial charge in [0.2, 0.25) is 5.91 Å². The van der Waals surface area contributed by atoms with Crippen LogP contribution in [-0.4, -0.2) is 41.3 Å². The Balaban J connectivity index is 1.71. The fourth-order valence-electron chi connectivity index (χ4n) is 2.58. The summed E-state index contributed by atoms with van der Waals surface area (Å²) in [7, 11) is 0. The Bertz CT molecular complexity index is 621. The van der Waals surface area contributed by atoms with Crippen molar-refractivity contribution in [3.8, 4) is 0 Å². The molecule has 0 atom stereocenters. The van der Waals surface area contributed by atoms with Crippen molar-refractivity contribution in [2.45, 2.75) is 6.42 Å². The Morgan fingerprint density at radius 2 is 1.70 bits per heavy atom. The average molecular weight is 286 g/mol. The van der Waals surface area contributed by atoms with Gasteiger partial charge in [0.05, 0.1) is 6.42 Å². The first-order valence-corrected chi connectivity index (χ1v) is 7.32. The number of rotatable bonds is 2. The largest absolute Gasteiger partial charge is 0.340 e. The Hall–Kier alpha value is -1.52. The maximum absolute atomic E-state index is 12.3. The molecule has 1 amide bonds. The summed E-state index contributed by atoms with van der Waals surface area (Å²) in [5.41, 5.74) is 1.09. The molecule has 1 saturated heterocycles. The molecule has 0 radical (unpaired) electrons. The normalized spacial score (nSPS) is 16.6. The Morgan fingerprint density at radius 1 is 1.00 bits per heavy atom. The van der Waals surface area contributed by atoms with Crippen LogP contribution in [0.5, 0.6) is 0 Å². The zero-order valence-electron chi connectivity index (χ0n) is 11.3. The van der Waals surface area contributed by atoms with Crippen LogP contribution in [0.1, 0.15) is 5.56 Å². The van der Waals surface area contributed by atoms with Crippen molar-refractivity contribution in [2.24, 2.45) is 0 Å². The van der Waals surface area contributed by atoms with Gasteiger partial charge in [-0.2, -0.15) is 0 Å². The fraction of sp³-hybridized carbons (Fsp3) is 0.312. The highest BCUT2D eigenvalue weighted by atomic mass is 32.1. The molecule has 0 unspecified atom stereocenters. The van der Waals surface area contributed by atoms with Gasteiger partial charge in [-0.3, -0.25) is 4.79 Å². The second-order valence-corrected chi connectivity index (χ2v) is 5.76. The number of nitrogens with zero attached hydrogens (tertiary/aromatic N) is 2. The SMILES string of the molecule is O=C(Cc1ccc2ccccc2c1)N1CCN(S)CC1. The lowest BCUT2D eigenvalue weighted by molar-refractivity contribution is -0.131. The van der Waals surface area contributed by atoms with Crippen molar-refractivity contribution in [3.63, 3.8) is 0 Å². The molecule has 0 aliphatic carbocycles. The molecule has 0 N–H and O–H groups in total. The summed E-state index contributed by atoms with van der Waals surface area (Å²) >= 11 is 4.31. The van der Waals surface area contributed by atoms with Gasteiger partial charge in [-0.1, -0.05) is 55.3 Å². The van der Waals surface area contributed by atoms with E-state index in [1.54, 1.807) is 0 Å². The number of benzene rings is 2. The van der Waals surface area contributed by atoms with Gasteiger partial charge in [0.1, 0.15) is 0 Å². The zero-order valence-corrected chi connectivity index (χ0v) is 12.2. The van der Waals surface area contributed by atoms with E-state index < -0.39 is 0 Å².